The molecule has 156 valence electrons. The second kappa shape index (κ2) is 8.04. The molecule has 0 radical (unpaired) electrons. The van der Waals surface area contributed by atoms with Crippen LogP contribution in [0.5, 0.6) is 5.75 Å². The van der Waals surface area contributed by atoms with Crippen LogP contribution in [0.2, 0.25) is 0 Å². The van der Waals surface area contributed by atoms with Gasteiger partial charge < -0.3 is 4.74 Å². The highest BCUT2D eigenvalue weighted by molar-refractivity contribution is 5.39. The van der Waals surface area contributed by atoms with Crippen molar-refractivity contribution >= 4 is 0 Å². The molecule has 2 aliphatic rings. The van der Waals surface area contributed by atoms with Crippen LogP contribution in [-0.2, 0) is 19.0 Å². The number of fused-ring (bicyclic) bond motifs is 1. The van der Waals surface area contributed by atoms with E-state index in [4.69, 9.17) is 4.74 Å². The van der Waals surface area contributed by atoms with Gasteiger partial charge in [0.05, 0.1) is 5.56 Å². The van der Waals surface area contributed by atoms with Crippen molar-refractivity contribution in [1.82, 2.24) is 0 Å². The molecule has 1 aliphatic heterocycles. The van der Waals surface area contributed by atoms with Crippen LogP contribution in [0.15, 0.2) is 42.5 Å². The van der Waals surface area contributed by atoms with Gasteiger partial charge in [-0.2, -0.15) is 13.2 Å². The molecule has 0 aromatic heterocycles. The quantitative estimate of drug-likeness (QED) is 0.528. The number of hydrogen-bond donors (Lipinski definition) is 0. The minimum absolute atomic E-state index is 0.239. The third-order valence-corrected chi connectivity index (χ3v) is 6.84. The highest BCUT2D eigenvalue weighted by Gasteiger charge is 2.36. The van der Waals surface area contributed by atoms with Crippen LogP contribution >= 0.6 is 0 Å². The summed E-state index contributed by atoms with van der Waals surface area (Å²) >= 11 is 0. The summed E-state index contributed by atoms with van der Waals surface area (Å²) in [7, 11) is 0. The fraction of sp³-hybridized carbons (Fsp3) is 0.520. The first-order valence-electron chi connectivity index (χ1n) is 10.8. The maximum atomic E-state index is 12.8. The fourth-order valence-corrected chi connectivity index (χ4v) is 5.14. The Morgan fingerprint density at radius 2 is 1.66 bits per heavy atom. The normalized spacial score (nSPS) is 27.2. The van der Waals surface area contributed by atoms with Gasteiger partial charge in [0.25, 0.3) is 0 Å². The van der Waals surface area contributed by atoms with Gasteiger partial charge in [0, 0.05) is 0 Å². The van der Waals surface area contributed by atoms with Crippen LogP contribution in [0, 0.1) is 11.8 Å². The lowest BCUT2D eigenvalue weighted by Gasteiger charge is -2.40. The van der Waals surface area contributed by atoms with E-state index < -0.39 is 11.7 Å². The summed E-state index contributed by atoms with van der Waals surface area (Å²) in [6.07, 6.45) is 2.26. The maximum Gasteiger partial charge on any atom is 0.416 e. The zero-order valence-electron chi connectivity index (χ0n) is 17.1. The van der Waals surface area contributed by atoms with Crippen LogP contribution in [0.25, 0.3) is 0 Å². The van der Waals surface area contributed by atoms with Crippen molar-refractivity contribution in [2.75, 3.05) is 0 Å². The molecule has 2 aromatic rings. The zero-order valence-corrected chi connectivity index (χ0v) is 17.1. The van der Waals surface area contributed by atoms with Crippen LogP contribution < -0.4 is 4.74 Å². The largest absolute Gasteiger partial charge is 0.490 e. The number of ether oxygens (including phenoxy) is 1. The van der Waals surface area contributed by atoms with E-state index in [1.807, 2.05) is 0 Å². The molecule has 0 spiro atoms. The van der Waals surface area contributed by atoms with Gasteiger partial charge in [0.2, 0.25) is 0 Å². The predicted octanol–water partition coefficient (Wildman–Crippen LogP) is 7.18. The Balaban J connectivity index is 1.39. The van der Waals surface area contributed by atoms with E-state index in [0.29, 0.717) is 17.8 Å². The molecular weight excluding hydrogens is 373 g/mol. The second-order valence-electron chi connectivity index (χ2n) is 8.79. The smallest absolute Gasteiger partial charge is 0.416 e. The summed E-state index contributed by atoms with van der Waals surface area (Å²) in [5.41, 5.74) is 3.15. The number of rotatable bonds is 3. The summed E-state index contributed by atoms with van der Waals surface area (Å²) in [6.45, 7) is 4.46. The molecule has 1 nitrogen and oxygen atoms in total. The highest BCUT2D eigenvalue weighted by atomic mass is 19.4. The molecule has 1 fully saturated rings. The number of alkyl halides is 3. The average Bonchev–Trinajstić information content (AvgIpc) is 2.72. The lowest BCUT2D eigenvalue weighted by molar-refractivity contribution is -0.137. The summed E-state index contributed by atoms with van der Waals surface area (Å²) in [4.78, 5) is 0. The van der Waals surface area contributed by atoms with E-state index >= 15 is 0 Å². The third-order valence-electron chi connectivity index (χ3n) is 6.84. The molecule has 2 aromatic carbocycles. The lowest BCUT2D eigenvalue weighted by atomic mass is 9.73. The predicted molar refractivity (Wildman–Crippen MR) is 109 cm³/mol. The Morgan fingerprint density at radius 3 is 2.28 bits per heavy atom. The summed E-state index contributed by atoms with van der Waals surface area (Å²) in [6, 6.07) is 12.3. The van der Waals surface area contributed by atoms with Gasteiger partial charge in [0.1, 0.15) is 11.9 Å². The van der Waals surface area contributed by atoms with E-state index in [2.05, 4.69) is 32.0 Å². The number of hydrogen-bond acceptors (Lipinski definition) is 1. The van der Waals surface area contributed by atoms with Crippen molar-refractivity contribution in [3.63, 3.8) is 0 Å². The molecule has 2 unspecified atom stereocenters. The van der Waals surface area contributed by atoms with Crippen molar-refractivity contribution in [3.8, 4) is 5.75 Å². The zero-order chi connectivity index (χ0) is 20.6. The van der Waals surface area contributed by atoms with E-state index in [0.717, 1.165) is 49.8 Å². The maximum absolute atomic E-state index is 12.8. The standard InChI is InChI=1S/C25H29F3O/c1-3-17-4-13-23-21(15-17)14-16(2)24(29-23)20-7-5-18(6-8-20)19-9-11-22(12-10-19)25(26,27)28/h4,9-13,15-16,18,20,24H,3,5-8,14H2,1-2H3. The van der Waals surface area contributed by atoms with Gasteiger partial charge in [0.15, 0.2) is 0 Å². The van der Waals surface area contributed by atoms with Gasteiger partial charge in [-0.3, -0.25) is 0 Å². The minimum Gasteiger partial charge on any atom is -0.490 e. The first-order valence-corrected chi connectivity index (χ1v) is 10.8. The Morgan fingerprint density at radius 1 is 0.966 bits per heavy atom. The van der Waals surface area contributed by atoms with E-state index in [-0.39, 0.29) is 6.10 Å². The number of aryl methyl sites for hydroxylation is 1. The Bertz CT molecular complexity index is 832. The van der Waals surface area contributed by atoms with Crippen LogP contribution in [0.3, 0.4) is 0 Å². The van der Waals surface area contributed by atoms with E-state index in [9.17, 15) is 13.2 Å². The summed E-state index contributed by atoms with van der Waals surface area (Å²) in [5.74, 6) is 2.40. The molecule has 0 bridgehead atoms. The van der Waals surface area contributed by atoms with Gasteiger partial charge in [-0.25, -0.2) is 0 Å². The first-order chi connectivity index (χ1) is 13.8. The fourth-order valence-electron chi connectivity index (χ4n) is 5.14. The summed E-state index contributed by atoms with van der Waals surface area (Å²) in [5, 5.41) is 0. The first kappa shape index (κ1) is 20.3. The Kier molecular flexibility index (Phi) is 5.63. The van der Waals surface area contributed by atoms with Crippen molar-refractivity contribution in [1.29, 1.82) is 0 Å². The van der Waals surface area contributed by atoms with Crippen LogP contribution in [-0.4, -0.2) is 6.10 Å². The molecule has 29 heavy (non-hydrogen) atoms. The topological polar surface area (TPSA) is 9.23 Å². The molecule has 4 heteroatoms. The van der Waals surface area contributed by atoms with Crippen molar-refractivity contribution in [2.45, 2.75) is 70.6 Å². The molecular formula is C25H29F3O. The number of halogens is 3. The van der Waals surface area contributed by atoms with E-state index in [1.165, 1.54) is 23.3 Å². The Labute approximate surface area is 171 Å². The second-order valence-corrected chi connectivity index (χ2v) is 8.79. The van der Waals surface area contributed by atoms with Crippen LogP contribution in [0.4, 0.5) is 13.2 Å². The van der Waals surface area contributed by atoms with Gasteiger partial charge in [-0.15, -0.1) is 0 Å². The molecule has 0 N–H and O–H groups in total. The van der Waals surface area contributed by atoms with Gasteiger partial charge >= 0.3 is 6.18 Å². The lowest BCUT2D eigenvalue weighted by Crippen LogP contribution is -2.39. The van der Waals surface area contributed by atoms with Crippen molar-refractivity contribution < 1.29 is 17.9 Å². The van der Waals surface area contributed by atoms with Crippen LogP contribution in [0.1, 0.15) is 67.7 Å². The van der Waals surface area contributed by atoms with Crippen molar-refractivity contribution in [3.05, 3.63) is 64.7 Å². The van der Waals surface area contributed by atoms with Crippen molar-refractivity contribution in [2.24, 2.45) is 11.8 Å². The molecule has 1 heterocycles. The molecule has 1 saturated carbocycles. The molecule has 0 saturated heterocycles. The third kappa shape index (κ3) is 4.31. The van der Waals surface area contributed by atoms with Gasteiger partial charge in [-0.05, 0) is 91.2 Å². The molecule has 1 aliphatic carbocycles. The highest BCUT2D eigenvalue weighted by Crippen LogP contribution is 2.43. The summed E-state index contributed by atoms with van der Waals surface area (Å²) < 4.78 is 44.8. The molecule has 2 atom stereocenters. The minimum atomic E-state index is -4.27. The SMILES string of the molecule is CCc1ccc2c(c1)CC(C)C(C1CCC(c3ccc(C(F)(F)F)cc3)CC1)O2. The monoisotopic (exact) mass is 402 g/mol. The van der Waals surface area contributed by atoms with E-state index in [1.54, 1.807) is 12.1 Å². The van der Waals surface area contributed by atoms with Gasteiger partial charge in [-0.1, -0.05) is 38.1 Å². The average molecular weight is 403 g/mol. The number of benzene rings is 2. The molecule has 0 amide bonds. The molecule has 4 rings (SSSR count). The Hall–Kier alpha value is -1.97.